The number of carboxylic acids is 1. The maximum atomic E-state index is 10.5. The van der Waals surface area contributed by atoms with Gasteiger partial charge in [0.1, 0.15) is 0 Å². The molecular weight excluding hydrogens is 182 g/mol. The van der Waals surface area contributed by atoms with Crippen molar-refractivity contribution in [3.05, 3.63) is 12.2 Å². The van der Waals surface area contributed by atoms with E-state index < -0.39 is 5.97 Å². The van der Waals surface area contributed by atoms with Crippen LogP contribution in [0.5, 0.6) is 0 Å². The summed E-state index contributed by atoms with van der Waals surface area (Å²) in [6, 6.07) is 0. The first-order valence-electron chi connectivity index (χ1n) is 4.86. The van der Waals surface area contributed by atoms with Crippen LogP contribution < -0.4 is 0 Å². The largest absolute Gasteiger partial charge is 0.478 e. The molecular formula is C10H19NO3. The van der Waals surface area contributed by atoms with Crippen LogP contribution in [0.1, 0.15) is 19.8 Å². The van der Waals surface area contributed by atoms with Crippen molar-refractivity contribution < 1.29 is 15.0 Å². The maximum absolute atomic E-state index is 10.5. The minimum Gasteiger partial charge on any atom is -0.478 e. The van der Waals surface area contributed by atoms with Gasteiger partial charge in [0.25, 0.3) is 0 Å². The standard InChI is InChI=1S/C10H19NO3/c1-3-4-5-11(6-7-12)8-9(2)10(13)14/h12H,2-8H2,1H3,(H,13,14). The molecule has 0 aliphatic carbocycles. The van der Waals surface area contributed by atoms with E-state index in [4.69, 9.17) is 10.2 Å². The lowest BCUT2D eigenvalue weighted by atomic mass is 10.2. The van der Waals surface area contributed by atoms with Gasteiger partial charge in [-0.25, -0.2) is 4.79 Å². The van der Waals surface area contributed by atoms with Crippen LogP contribution in [-0.4, -0.2) is 47.3 Å². The summed E-state index contributed by atoms with van der Waals surface area (Å²) >= 11 is 0. The second-order valence-electron chi connectivity index (χ2n) is 3.26. The summed E-state index contributed by atoms with van der Waals surface area (Å²) in [7, 11) is 0. The Morgan fingerprint density at radius 2 is 2.07 bits per heavy atom. The van der Waals surface area contributed by atoms with Gasteiger partial charge in [0.15, 0.2) is 0 Å². The molecule has 14 heavy (non-hydrogen) atoms. The monoisotopic (exact) mass is 201 g/mol. The zero-order chi connectivity index (χ0) is 11.0. The molecule has 0 fully saturated rings. The first-order valence-corrected chi connectivity index (χ1v) is 4.86. The Morgan fingerprint density at radius 1 is 1.43 bits per heavy atom. The summed E-state index contributed by atoms with van der Waals surface area (Å²) in [5.74, 6) is -0.968. The van der Waals surface area contributed by atoms with Crippen molar-refractivity contribution in [1.29, 1.82) is 0 Å². The molecule has 4 nitrogen and oxygen atoms in total. The van der Waals surface area contributed by atoms with Crippen LogP contribution in [0.4, 0.5) is 0 Å². The molecule has 0 amide bonds. The number of rotatable bonds is 8. The van der Waals surface area contributed by atoms with E-state index in [2.05, 4.69) is 13.5 Å². The predicted octanol–water partition coefficient (Wildman–Crippen LogP) is 0.722. The summed E-state index contributed by atoms with van der Waals surface area (Å²) in [5, 5.41) is 17.4. The highest BCUT2D eigenvalue weighted by molar-refractivity contribution is 5.86. The third kappa shape index (κ3) is 5.72. The van der Waals surface area contributed by atoms with Gasteiger partial charge in [0.05, 0.1) is 6.61 Å². The number of nitrogens with zero attached hydrogens (tertiary/aromatic N) is 1. The first-order chi connectivity index (χ1) is 6.61. The van der Waals surface area contributed by atoms with Crippen LogP contribution in [-0.2, 0) is 4.79 Å². The number of aliphatic carboxylic acids is 1. The molecule has 0 radical (unpaired) electrons. The molecule has 2 N–H and O–H groups in total. The van der Waals surface area contributed by atoms with Crippen LogP contribution in [0.25, 0.3) is 0 Å². The molecule has 82 valence electrons. The van der Waals surface area contributed by atoms with Gasteiger partial charge in [0, 0.05) is 18.7 Å². The van der Waals surface area contributed by atoms with E-state index in [0.717, 1.165) is 19.4 Å². The molecule has 0 aromatic rings. The fourth-order valence-corrected chi connectivity index (χ4v) is 1.13. The zero-order valence-corrected chi connectivity index (χ0v) is 8.70. The third-order valence-electron chi connectivity index (χ3n) is 1.96. The lowest BCUT2D eigenvalue weighted by Crippen LogP contribution is -2.31. The topological polar surface area (TPSA) is 60.8 Å². The van der Waals surface area contributed by atoms with E-state index in [9.17, 15) is 4.79 Å². The van der Waals surface area contributed by atoms with Gasteiger partial charge in [-0.15, -0.1) is 0 Å². The Morgan fingerprint density at radius 3 is 2.50 bits per heavy atom. The molecule has 0 spiro atoms. The Balaban J connectivity index is 3.94. The van der Waals surface area contributed by atoms with E-state index in [1.165, 1.54) is 0 Å². The minimum atomic E-state index is -0.968. The average molecular weight is 201 g/mol. The highest BCUT2D eigenvalue weighted by atomic mass is 16.4. The summed E-state index contributed by atoms with van der Waals surface area (Å²) in [6.07, 6.45) is 2.06. The first kappa shape index (κ1) is 13.1. The van der Waals surface area contributed by atoms with Crippen molar-refractivity contribution in [1.82, 2.24) is 4.90 Å². The van der Waals surface area contributed by atoms with Crippen LogP contribution in [0.2, 0.25) is 0 Å². The van der Waals surface area contributed by atoms with E-state index in [1.54, 1.807) is 0 Å². The second-order valence-corrected chi connectivity index (χ2v) is 3.26. The number of carboxylic acid groups (broad SMARTS) is 1. The highest BCUT2D eigenvalue weighted by Gasteiger charge is 2.10. The molecule has 0 saturated carbocycles. The lowest BCUT2D eigenvalue weighted by molar-refractivity contribution is -0.132. The number of aliphatic hydroxyl groups is 1. The fraction of sp³-hybridized carbons (Fsp3) is 0.700. The minimum absolute atomic E-state index is 0.0522. The molecule has 0 atom stereocenters. The third-order valence-corrected chi connectivity index (χ3v) is 1.96. The van der Waals surface area contributed by atoms with Crippen molar-refractivity contribution in [2.75, 3.05) is 26.2 Å². The van der Waals surface area contributed by atoms with Gasteiger partial charge in [0.2, 0.25) is 0 Å². The number of unbranched alkanes of at least 4 members (excludes halogenated alkanes) is 1. The Kier molecular flexibility index (Phi) is 7.06. The van der Waals surface area contributed by atoms with Gasteiger partial charge in [-0.2, -0.15) is 0 Å². The van der Waals surface area contributed by atoms with Crippen LogP contribution >= 0.6 is 0 Å². The molecule has 0 aromatic carbocycles. The Labute approximate surface area is 84.8 Å². The molecule has 0 aromatic heterocycles. The maximum Gasteiger partial charge on any atom is 0.332 e. The van der Waals surface area contributed by atoms with Crippen molar-refractivity contribution >= 4 is 5.97 Å². The Hall–Kier alpha value is -0.870. The molecule has 0 unspecified atom stereocenters. The van der Waals surface area contributed by atoms with Gasteiger partial charge < -0.3 is 10.2 Å². The molecule has 0 saturated heterocycles. The van der Waals surface area contributed by atoms with E-state index >= 15 is 0 Å². The number of hydrogen-bond acceptors (Lipinski definition) is 3. The summed E-state index contributed by atoms with van der Waals surface area (Å²) < 4.78 is 0. The zero-order valence-electron chi connectivity index (χ0n) is 8.70. The van der Waals surface area contributed by atoms with Gasteiger partial charge >= 0.3 is 5.97 Å². The normalized spacial score (nSPS) is 10.5. The van der Waals surface area contributed by atoms with Gasteiger partial charge in [-0.1, -0.05) is 19.9 Å². The van der Waals surface area contributed by atoms with Gasteiger partial charge in [-0.05, 0) is 13.0 Å². The van der Waals surface area contributed by atoms with Crippen molar-refractivity contribution in [3.63, 3.8) is 0 Å². The quantitative estimate of drug-likeness (QED) is 0.568. The van der Waals surface area contributed by atoms with Gasteiger partial charge in [-0.3, -0.25) is 4.90 Å². The van der Waals surface area contributed by atoms with Crippen LogP contribution in [0, 0.1) is 0 Å². The van der Waals surface area contributed by atoms with Crippen molar-refractivity contribution in [3.8, 4) is 0 Å². The molecule has 0 heterocycles. The van der Waals surface area contributed by atoms with E-state index in [1.807, 2.05) is 4.90 Å². The number of hydrogen-bond donors (Lipinski definition) is 2. The summed E-state index contributed by atoms with van der Waals surface area (Å²) in [5.41, 5.74) is 0.176. The van der Waals surface area contributed by atoms with Crippen molar-refractivity contribution in [2.45, 2.75) is 19.8 Å². The van der Waals surface area contributed by atoms with Crippen LogP contribution in [0.3, 0.4) is 0 Å². The SMILES string of the molecule is C=C(CN(CCO)CCCC)C(=O)O. The van der Waals surface area contributed by atoms with Crippen LogP contribution in [0.15, 0.2) is 12.2 Å². The predicted molar refractivity (Wildman–Crippen MR) is 55.2 cm³/mol. The van der Waals surface area contributed by atoms with Crippen molar-refractivity contribution in [2.24, 2.45) is 0 Å². The number of aliphatic hydroxyl groups excluding tert-OH is 1. The lowest BCUT2D eigenvalue weighted by Gasteiger charge is -2.20. The Bertz CT molecular complexity index is 192. The van der Waals surface area contributed by atoms with E-state index in [0.29, 0.717) is 13.1 Å². The number of carbonyl (C=O) groups is 1. The molecule has 0 bridgehead atoms. The highest BCUT2D eigenvalue weighted by Crippen LogP contribution is 2.00. The average Bonchev–Trinajstić information content (AvgIpc) is 2.14. The van der Waals surface area contributed by atoms with E-state index in [-0.39, 0.29) is 12.2 Å². The molecule has 0 rings (SSSR count). The molecule has 4 heteroatoms. The summed E-state index contributed by atoms with van der Waals surface area (Å²) in [4.78, 5) is 12.4. The second kappa shape index (κ2) is 7.53. The summed E-state index contributed by atoms with van der Waals surface area (Å²) in [6.45, 7) is 7.23. The fourth-order valence-electron chi connectivity index (χ4n) is 1.13. The molecule has 0 aliphatic heterocycles. The smallest absolute Gasteiger partial charge is 0.332 e. The molecule has 0 aliphatic rings.